The Morgan fingerprint density at radius 2 is 1.91 bits per heavy atom. The molecule has 124 valence electrons. The molecule has 22 heavy (non-hydrogen) atoms. The first-order chi connectivity index (χ1) is 9.94. The number of hydrogen-bond acceptors (Lipinski definition) is 6. The second kappa shape index (κ2) is 6.42. The topological polar surface area (TPSA) is 90.7 Å². The van der Waals surface area contributed by atoms with Gasteiger partial charge in [0.25, 0.3) is 0 Å². The summed E-state index contributed by atoms with van der Waals surface area (Å²) >= 11 is 5.10. The van der Waals surface area contributed by atoms with E-state index >= 15 is 0 Å². The van der Waals surface area contributed by atoms with Crippen molar-refractivity contribution in [3.05, 3.63) is 11.5 Å². The third-order valence-electron chi connectivity index (χ3n) is 1.87. The standard InChI is InChI=1S/C11H12ClF3N2O5/c1-10(2,3)22-9(19)17-8-16-6(11(13,14)15)5(21-8)7(18)20-4-12/h4H2,1-3H3,(H,16,17,19). The molecule has 0 aliphatic carbocycles. The number of carbonyl (C=O) groups is 2. The molecule has 7 nitrogen and oxygen atoms in total. The monoisotopic (exact) mass is 344 g/mol. The number of carbonyl (C=O) groups excluding carboxylic acids is 2. The summed E-state index contributed by atoms with van der Waals surface area (Å²) in [6, 6.07) is -1.53. The SMILES string of the molecule is CC(C)(C)OC(=O)Nc1nc(C(F)(F)F)c(C(=O)OCCl)o1. The molecular weight excluding hydrogens is 333 g/mol. The molecule has 0 saturated carbocycles. The van der Waals surface area contributed by atoms with Gasteiger partial charge in [-0.2, -0.15) is 18.2 Å². The normalized spacial score (nSPS) is 12.0. The Kier molecular flexibility index (Phi) is 5.28. The summed E-state index contributed by atoms with van der Waals surface area (Å²) in [5.74, 6) is -2.69. The summed E-state index contributed by atoms with van der Waals surface area (Å²) in [5.41, 5.74) is -2.53. The Hall–Kier alpha value is -1.97. The fourth-order valence-corrected chi connectivity index (χ4v) is 1.31. The van der Waals surface area contributed by atoms with E-state index in [2.05, 4.69) is 14.1 Å². The maximum atomic E-state index is 12.8. The van der Waals surface area contributed by atoms with Gasteiger partial charge in [0.2, 0.25) is 5.76 Å². The van der Waals surface area contributed by atoms with Crippen molar-refractivity contribution >= 4 is 29.7 Å². The summed E-state index contributed by atoms with van der Waals surface area (Å²) in [6.45, 7) is 4.64. The summed E-state index contributed by atoms with van der Waals surface area (Å²) in [5, 5.41) is 1.85. The molecule has 0 unspecified atom stereocenters. The van der Waals surface area contributed by atoms with Crippen LogP contribution in [0, 0.1) is 0 Å². The van der Waals surface area contributed by atoms with E-state index in [4.69, 9.17) is 16.3 Å². The highest BCUT2D eigenvalue weighted by Gasteiger charge is 2.42. The largest absolute Gasteiger partial charge is 0.443 e. The fourth-order valence-electron chi connectivity index (χ4n) is 1.21. The maximum Gasteiger partial charge on any atom is 0.437 e. The van der Waals surface area contributed by atoms with Crippen molar-refractivity contribution in [1.29, 1.82) is 0 Å². The highest BCUT2D eigenvalue weighted by Crippen LogP contribution is 2.33. The second-order valence-electron chi connectivity index (χ2n) is 4.86. The number of nitrogens with zero attached hydrogens (tertiary/aromatic N) is 1. The Bertz CT molecular complexity index is 565. The maximum absolute atomic E-state index is 12.8. The van der Waals surface area contributed by atoms with E-state index in [1.807, 2.05) is 5.32 Å². The summed E-state index contributed by atoms with van der Waals surface area (Å²) in [7, 11) is 0. The number of alkyl halides is 4. The van der Waals surface area contributed by atoms with Crippen LogP contribution in [0.25, 0.3) is 0 Å². The number of ether oxygens (including phenoxy) is 2. The van der Waals surface area contributed by atoms with Crippen molar-refractivity contribution in [2.75, 3.05) is 11.4 Å². The van der Waals surface area contributed by atoms with E-state index in [9.17, 15) is 22.8 Å². The highest BCUT2D eigenvalue weighted by molar-refractivity contribution is 6.17. The van der Waals surface area contributed by atoms with Crippen molar-refractivity contribution in [1.82, 2.24) is 4.98 Å². The zero-order valence-electron chi connectivity index (χ0n) is 11.7. The van der Waals surface area contributed by atoms with Crippen LogP contribution in [-0.4, -0.2) is 28.7 Å². The van der Waals surface area contributed by atoms with E-state index in [1.165, 1.54) is 0 Å². The lowest BCUT2D eigenvalue weighted by atomic mass is 10.2. The predicted molar refractivity (Wildman–Crippen MR) is 67.5 cm³/mol. The molecule has 0 aliphatic rings. The number of halogens is 4. The summed E-state index contributed by atoms with van der Waals surface area (Å²) in [6.07, 6.45) is -6.09. The first-order valence-electron chi connectivity index (χ1n) is 5.75. The molecular formula is C11H12ClF3N2O5. The number of hydrogen-bond donors (Lipinski definition) is 1. The first-order valence-corrected chi connectivity index (χ1v) is 6.28. The molecule has 11 heteroatoms. The van der Waals surface area contributed by atoms with Gasteiger partial charge in [-0.15, -0.1) is 0 Å². The molecule has 1 amide bonds. The quantitative estimate of drug-likeness (QED) is 0.667. The van der Waals surface area contributed by atoms with Crippen LogP contribution in [0.4, 0.5) is 24.0 Å². The van der Waals surface area contributed by atoms with Crippen molar-refractivity contribution in [2.45, 2.75) is 32.5 Å². The lowest BCUT2D eigenvalue weighted by Crippen LogP contribution is -2.27. The molecule has 1 rings (SSSR count). The van der Waals surface area contributed by atoms with Crippen LogP contribution < -0.4 is 5.32 Å². The molecule has 0 bridgehead atoms. The number of anilines is 1. The summed E-state index contributed by atoms with van der Waals surface area (Å²) < 4.78 is 51.9. The molecule has 0 spiro atoms. The van der Waals surface area contributed by atoms with Crippen LogP contribution in [0.3, 0.4) is 0 Å². The smallest absolute Gasteiger partial charge is 0.437 e. The second-order valence-corrected chi connectivity index (χ2v) is 5.08. The average Bonchev–Trinajstić information content (AvgIpc) is 2.70. The number of nitrogens with one attached hydrogen (secondary N) is 1. The van der Waals surface area contributed by atoms with Gasteiger partial charge in [0, 0.05) is 0 Å². The number of esters is 1. The minimum Gasteiger partial charge on any atom is -0.443 e. The van der Waals surface area contributed by atoms with Crippen LogP contribution in [0.5, 0.6) is 0 Å². The summed E-state index contributed by atoms with van der Waals surface area (Å²) in [4.78, 5) is 25.8. The molecule has 0 saturated heterocycles. The molecule has 1 heterocycles. The van der Waals surface area contributed by atoms with Gasteiger partial charge in [-0.25, -0.2) is 14.9 Å². The zero-order chi connectivity index (χ0) is 17.1. The average molecular weight is 345 g/mol. The van der Waals surface area contributed by atoms with Crippen molar-refractivity contribution in [2.24, 2.45) is 0 Å². The van der Waals surface area contributed by atoms with Gasteiger partial charge in [-0.05, 0) is 20.8 Å². The number of rotatable bonds is 3. The number of aromatic nitrogens is 1. The van der Waals surface area contributed by atoms with E-state index in [-0.39, 0.29) is 0 Å². The lowest BCUT2D eigenvalue weighted by Gasteiger charge is -2.18. The molecule has 1 N–H and O–H groups in total. The highest BCUT2D eigenvalue weighted by atomic mass is 35.5. The fraction of sp³-hybridized carbons (Fsp3) is 0.545. The van der Waals surface area contributed by atoms with Gasteiger partial charge in [-0.3, -0.25) is 0 Å². The first kappa shape index (κ1) is 18.1. The van der Waals surface area contributed by atoms with Crippen LogP contribution in [0.15, 0.2) is 4.42 Å². The third-order valence-corrected chi connectivity index (χ3v) is 1.98. The van der Waals surface area contributed by atoms with Crippen molar-refractivity contribution in [3.63, 3.8) is 0 Å². The molecule has 0 radical (unpaired) electrons. The predicted octanol–water partition coefficient (Wildman–Crippen LogP) is 3.39. The minimum atomic E-state index is -4.99. The van der Waals surface area contributed by atoms with Crippen LogP contribution in [0.2, 0.25) is 0 Å². The third kappa shape index (κ3) is 5.10. The van der Waals surface area contributed by atoms with Gasteiger partial charge in [-0.1, -0.05) is 11.6 Å². The van der Waals surface area contributed by atoms with Gasteiger partial charge in [0.15, 0.2) is 11.8 Å². The molecule has 1 aromatic rings. The lowest BCUT2D eigenvalue weighted by molar-refractivity contribution is -0.141. The van der Waals surface area contributed by atoms with Gasteiger partial charge >= 0.3 is 24.3 Å². The zero-order valence-corrected chi connectivity index (χ0v) is 12.5. The van der Waals surface area contributed by atoms with E-state index in [1.54, 1.807) is 20.8 Å². The van der Waals surface area contributed by atoms with Crippen molar-refractivity contribution in [3.8, 4) is 0 Å². The van der Waals surface area contributed by atoms with Crippen LogP contribution >= 0.6 is 11.6 Å². The molecule has 0 aromatic carbocycles. The van der Waals surface area contributed by atoms with E-state index < -0.39 is 47.4 Å². The molecule has 1 aromatic heterocycles. The van der Waals surface area contributed by atoms with Crippen molar-refractivity contribution < 1.29 is 36.7 Å². The van der Waals surface area contributed by atoms with Gasteiger partial charge in [0.1, 0.15) is 5.60 Å². The van der Waals surface area contributed by atoms with E-state index in [0.29, 0.717) is 0 Å². The van der Waals surface area contributed by atoms with Gasteiger partial charge in [0.05, 0.1) is 0 Å². The van der Waals surface area contributed by atoms with Crippen LogP contribution in [0.1, 0.15) is 37.0 Å². The van der Waals surface area contributed by atoms with Crippen LogP contribution in [-0.2, 0) is 15.7 Å². The Morgan fingerprint density at radius 3 is 2.36 bits per heavy atom. The van der Waals surface area contributed by atoms with E-state index in [0.717, 1.165) is 0 Å². The number of amides is 1. The molecule has 0 fully saturated rings. The Labute approximate surface area is 127 Å². The molecule has 0 aliphatic heterocycles. The number of oxazole rings is 1. The Balaban J connectivity index is 3.03. The minimum absolute atomic E-state index is 0.675. The molecule has 0 atom stereocenters. The Morgan fingerprint density at radius 1 is 1.32 bits per heavy atom. The van der Waals surface area contributed by atoms with Gasteiger partial charge < -0.3 is 13.9 Å².